The van der Waals surface area contributed by atoms with Gasteiger partial charge < -0.3 is 9.15 Å². The third-order valence-electron chi connectivity index (χ3n) is 2.03. The van der Waals surface area contributed by atoms with Crippen molar-refractivity contribution in [1.82, 2.24) is 0 Å². The van der Waals surface area contributed by atoms with E-state index in [1.54, 1.807) is 13.0 Å². The van der Waals surface area contributed by atoms with E-state index in [1.807, 2.05) is 13.8 Å². The molecule has 1 rings (SSSR count). The molecule has 0 spiro atoms. The number of hydrogen-bond acceptors (Lipinski definition) is 3. The Bertz CT molecular complexity index is 361. The molecule has 0 bridgehead atoms. The van der Waals surface area contributed by atoms with Crippen molar-refractivity contribution in [3.05, 3.63) is 29.7 Å². The second-order valence-electron chi connectivity index (χ2n) is 3.51. The van der Waals surface area contributed by atoms with Crippen molar-refractivity contribution in [3.8, 4) is 0 Å². The summed E-state index contributed by atoms with van der Waals surface area (Å²) in [4.78, 5) is 11.5. The third-order valence-corrected chi connectivity index (χ3v) is 2.03. The van der Waals surface area contributed by atoms with Crippen LogP contribution in [0.5, 0.6) is 0 Å². The van der Waals surface area contributed by atoms with Gasteiger partial charge in [0.25, 0.3) is 0 Å². The third kappa shape index (κ3) is 2.49. The van der Waals surface area contributed by atoms with E-state index in [9.17, 15) is 4.79 Å². The van der Waals surface area contributed by atoms with Crippen molar-refractivity contribution in [3.63, 3.8) is 0 Å². The van der Waals surface area contributed by atoms with Crippen LogP contribution in [0.25, 0.3) is 6.08 Å². The highest BCUT2D eigenvalue weighted by Gasteiger charge is 2.18. The highest BCUT2D eigenvalue weighted by atomic mass is 16.5. The van der Waals surface area contributed by atoms with E-state index in [0.717, 1.165) is 5.76 Å². The van der Waals surface area contributed by atoms with E-state index >= 15 is 0 Å². The molecule has 1 aromatic rings. The molecule has 0 aliphatic rings. The minimum absolute atomic E-state index is 0.242. The average Bonchev–Trinajstić information content (AvgIpc) is 2.61. The van der Waals surface area contributed by atoms with Gasteiger partial charge in [0.1, 0.15) is 17.1 Å². The first-order valence-electron chi connectivity index (χ1n) is 5.03. The van der Waals surface area contributed by atoms with E-state index in [1.165, 1.54) is 6.08 Å². The lowest BCUT2D eigenvalue weighted by atomic mass is 10.1. The fourth-order valence-electron chi connectivity index (χ4n) is 1.23. The lowest BCUT2D eigenvalue weighted by Gasteiger charge is -1.98. The molecule has 3 nitrogen and oxygen atoms in total. The van der Waals surface area contributed by atoms with Crippen molar-refractivity contribution in [2.45, 2.75) is 26.7 Å². The molecule has 0 saturated carbocycles. The number of hydrogen-bond donors (Lipinski definition) is 0. The molecule has 3 heteroatoms. The molecule has 0 aromatic carbocycles. The van der Waals surface area contributed by atoms with Crippen molar-refractivity contribution in [1.29, 1.82) is 0 Å². The summed E-state index contributed by atoms with van der Waals surface area (Å²) in [5.74, 6) is 1.14. The molecule has 0 aliphatic carbocycles. The lowest BCUT2D eigenvalue weighted by Crippen LogP contribution is -2.04. The van der Waals surface area contributed by atoms with Gasteiger partial charge in [0.15, 0.2) is 0 Å². The molecule has 0 unspecified atom stereocenters. The van der Waals surface area contributed by atoms with Gasteiger partial charge in [-0.1, -0.05) is 20.4 Å². The maximum absolute atomic E-state index is 11.5. The molecule has 82 valence electrons. The summed E-state index contributed by atoms with van der Waals surface area (Å²) in [5.41, 5.74) is 0.454. The predicted octanol–water partition coefficient (Wildman–Crippen LogP) is 3.22. The quantitative estimate of drug-likeness (QED) is 0.713. The van der Waals surface area contributed by atoms with Crippen LogP contribution in [0.2, 0.25) is 0 Å². The predicted molar refractivity (Wildman–Crippen MR) is 58.8 cm³/mol. The van der Waals surface area contributed by atoms with Crippen LogP contribution in [0.4, 0.5) is 0 Å². The number of carbonyl (C=O) groups is 1. The zero-order valence-electron chi connectivity index (χ0n) is 9.37. The molecule has 0 fully saturated rings. The fourth-order valence-corrected chi connectivity index (χ4v) is 1.23. The van der Waals surface area contributed by atoms with Crippen LogP contribution in [-0.4, -0.2) is 12.6 Å². The summed E-state index contributed by atoms with van der Waals surface area (Å²) in [6.07, 6.45) is 1.53. The SMILES string of the molecule is C=Cc1oc(C(C)C)cc1C(=O)OCC. The molecule has 0 aliphatic heterocycles. The van der Waals surface area contributed by atoms with Gasteiger partial charge in [-0.2, -0.15) is 0 Å². The van der Waals surface area contributed by atoms with Gasteiger partial charge in [-0.3, -0.25) is 0 Å². The Hall–Kier alpha value is -1.51. The van der Waals surface area contributed by atoms with Crippen molar-refractivity contribution >= 4 is 12.0 Å². The number of esters is 1. The number of rotatable bonds is 4. The number of carbonyl (C=O) groups excluding carboxylic acids is 1. The second-order valence-corrected chi connectivity index (χ2v) is 3.51. The lowest BCUT2D eigenvalue weighted by molar-refractivity contribution is 0.0525. The van der Waals surface area contributed by atoms with E-state index in [0.29, 0.717) is 17.9 Å². The Morgan fingerprint density at radius 3 is 2.80 bits per heavy atom. The molecule has 0 atom stereocenters. The Morgan fingerprint density at radius 2 is 2.33 bits per heavy atom. The molecular formula is C12H16O3. The van der Waals surface area contributed by atoms with E-state index in [4.69, 9.17) is 9.15 Å². The maximum atomic E-state index is 11.5. The molecule has 0 amide bonds. The minimum atomic E-state index is -0.358. The molecule has 15 heavy (non-hydrogen) atoms. The van der Waals surface area contributed by atoms with Crippen molar-refractivity contribution < 1.29 is 13.9 Å². The first-order chi connectivity index (χ1) is 7.10. The summed E-state index contributed by atoms with van der Waals surface area (Å²) >= 11 is 0. The molecule has 1 aromatic heterocycles. The normalized spacial score (nSPS) is 10.4. The van der Waals surface area contributed by atoms with Gasteiger partial charge in [-0.05, 0) is 19.1 Å². The van der Waals surface area contributed by atoms with Gasteiger partial charge >= 0.3 is 5.97 Å². The summed E-state index contributed by atoms with van der Waals surface area (Å²) in [5, 5.41) is 0. The molecule has 0 saturated heterocycles. The molecule has 0 radical (unpaired) electrons. The zero-order chi connectivity index (χ0) is 11.4. The van der Waals surface area contributed by atoms with Crippen LogP contribution in [0.15, 0.2) is 17.1 Å². The first kappa shape index (κ1) is 11.6. The van der Waals surface area contributed by atoms with Gasteiger partial charge in [0.2, 0.25) is 0 Å². The largest absolute Gasteiger partial charge is 0.462 e. The monoisotopic (exact) mass is 208 g/mol. The van der Waals surface area contributed by atoms with Crippen LogP contribution in [0.1, 0.15) is 48.6 Å². The van der Waals surface area contributed by atoms with Gasteiger partial charge in [-0.15, -0.1) is 0 Å². The van der Waals surface area contributed by atoms with Crippen LogP contribution in [-0.2, 0) is 4.74 Å². The standard InChI is InChI=1S/C12H16O3/c1-5-10-9(12(13)14-6-2)7-11(15-10)8(3)4/h5,7-8H,1,6H2,2-4H3. The summed E-state index contributed by atoms with van der Waals surface area (Å²) in [7, 11) is 0. The topological polar surface area (TPSA) is 39.4 Å². The second kappa shape index (κ2) is 4.82. The van der Waals surface area contributed by atoms with Crippen LogP contribution in [0.3, 0.4) is 0 Å². The Kier molecular flexibility index (Phi) is 3.72. The molecular weight excluding hydrogens is 192 g/mol. The van der Waals surface area contributed by atoms with Crippen LogP contribution in [0, 0.1) is 0 Å². The Balaban J connectivity index is 3.05. The Labute approximate surface area is 89.7 Å². The summed E-state index contributed by atoms with van der Waals surface area (Å²) < 4.78 is 10.4. The van der Waals surface area contributed by atoms with Gasteiger partial charge in [-0.25, -0.2) is 4.79 Å². The van der Waals surface area contributed by atoms with Crippen LogP contribution < -0.4 is 0 Å². The van der Waals surface area contributed by atoms with Gasteiger partial charge in [0, 0.05) is 5.92 Å². The van der Waals surface area contributed by atoms with E-state index in [2.05, 4.69) is 6.58 Å². The first-order valence-corrected chi connectivity index (χ1v) is 5.03. The highest BCUT2D eigenvalue weighted by Crippen LogP contribution is 2.23. The molecule has 0 N–H and O–H groups in total. The van der Waals surface area contributed by atoms with E-state index in [-0.39, 0.29) is 11.9 Å². The van der Waals surface area contributed by atoms with E-state index < -0.39 is 0 Å². The fraction of sp³-hybridized carbons (Fsp3) is 0.417. The number of ether oxygens (including phenoxy) is 1. The van der Waals surface area contributed by atoms with Crippen molar-refractivity contribution in [2.24, 2.45) is 0 Å². The maximum Gasteiger partial charge on any atom is 0.342 e. The molecule has 1 heterocycles. The smallest absolute Gasteiger partial charge is 0.342 e. The van der Waals surface area contributed by atoms with Crippen molar-refractivity contribution in [2.75, 3.05) is 6.61 Å². The summed E-state index contributed by atoms with van der Waals surface area (Å²) in [6, 6.07) is 1.72. The minimum Gasteiger partial charge on any atom is -0.462 e. The highest BCUT2D eigenvalue weighted by molar-refractivity contribution is 5.92. The summed E-state index contributed by atoms with van der Waals surface area (Å²) in [6.45, 7) is 9.74. The Morgan fingerprint density at radius 1 is 1.67 bits per heavy atom. The number of furan rings is 1. The average molecular weight is 208 g/mol. The van der Waals surface area contributed by atoms with Crippen LogP contribution >= 0.6 is 0 Å². The van der Waals surface area contributed by atoms with Gasteiger partial charge in [0.05, 0.1) is 6.61 Å². The zero-order valence-corrected chi connectivity index (χ0v) is 9.37.